The van der Waals surface area contributed by atoms with Crippen LogP contribution in [0.5, 0.6) is 5.75 Å². The lowest BCUT2D eigenvalue weighted by atomic mass is 10.1. The summed E-state index contributed by atoms with van der Waals surface area (Å²) in [5, 5.41) is 0. The van der Waals surface area contributed by atoms with Crippen LogP contribution in [-0.2, 0) is 27.8 Å². The summed E-state index contributed by atoms with van der Waals surface area (Å²) in [7, 11) is -3.92. The van der Waals surface area contributed by atoms with E-state index in [-0.39, 0.29) is 29.9 Å². The summed E-state index contributed by atoms with van der Waals surface area (Å²) in [6, 6.07) is 23.4. The van der Waals surface area contributed by atoms with Crippen molar-refractivity contribution in [3.05, 3.63) is 90.0 Å². The number of para-hydroxylation sites is 1. The van der Waals surface area contributed by atoms with Gasteiger partial charge in [0.25, 0.3) is 0 Å². The molecular weight excluding hydrogens is 436 g/mol. The van der Waals surface area contributed by atoms with Gasteiger partial charge in [0.15, 0.2) is 0 Å². The lowest BCUT2D eigenvalue weighted by molar-refractivity contribution is -0.119. The molecule has 0 radical (unpaired) electrons. The van der Waals surface area contributed by atoms with Gasteiger partial charge in [-0.05, 0) is 61.7 Å². The van der Waals surface area contributed by atoms with Crippen molar-refractivity contribution in [2.24, 2.45) is 0 Å². The van der Waals surface area contributed by atoms with Crippen LogP contribution in [0.15, 0.2) is 83.8 Å². The molecule has 0 bridgehead atoms. The topological polar surface area (TPSA) is 66.9 Å². The summed E-state index contributed by atoms with van der Waals surface area (Å²) in [6.45, 7) is 4.21. The van der Waals surface area contributed by atoms with Gasteiger partial charge in [0.1, 0.15) is 5.75 Å². The van der Waals surface area contributed by atoms with Gasteiger partial charge < -0.3 is 9.64 Å². The molecule has 4 rings (SSSR count). The molecule has 0 fully saturated rings. The minimum Gasteiger partial charge on any atom is -0.494 e. The number of hydrogen-bond donors (Lipinski definition) is 0. The third kappa shape index (κ3) is 4.94. The van der Waals surface area contributed by atoms with Gasteiger partial charge in [-0.15, -0.1) is 0 Å². The van der Waals surface area contributed by atoms with E-state index in [9.17, 15) is 13.2 Å². The lowest BCUT2D eigenvalue weighted by Gasteiger charge is -2.27. The molecular formula is C26H28N2O4S. The number of benzene rings is 3. The highest BCUT2D eigenvalue weighted by molar-refractivity contribution is 7.89. The fraction of sp³-hybridized carbons (Fsp3) is 0.269. The van der Waals surface area contributed by atoms with Crippen molar-refractivity contribution in [2.75, 3.05) is 18.1 Å². The highest BCUT2D eigenvalue weighted by atomic mass is 32.2. The molecule has 1 atom stereocenters. The van der Waals surface area contributed by atoms with E-state index < -0.39 is 10.0 Å². The molecule has 33 heavy (non-hydrogen) atoms. The first-order chi connectivity index (χ1) is 15.9. The molecule has 172 valence electrons. The zero-order valence-corrected chi connectivity index (χ0v) is 19.7. The van der Waals surface area contributed by atoms with Gasteiger partial charge >= 0.3 is 0 Å². The average Bonchev–Trinajstić information content (AvgIpc) is 3.15. The van der Waals surface area contributed by atoms with E-state index in [0.29, 0.717) is 12.4 Å². The minimum atomic E-state index is -3.92. The third-order valence-electron chi connectivity index (χ3n) is 5.76. The molecule has 0 saturated heterocycles. The van der Waals surface area contributed by atoms with E-state index in [1.165, 1.54) is 16.4 Å². The third-order valence-corrected chi connectivity index (χ3v) is 7.57. The Hall–Kier alpha value is -3.16. The molecule has 0 unspecified atom stereocenters. The molecule has 0 spiro atoms. The summed E-state index contributed by atoms with van der Waals surface area (Å²) in [5.74, 6) is 0.363. The van der Waals surface area contributed by atoms with Gasteiger partial charge in [-0.1, -0.05) is 48.5 Å². The highest BCUT2D eigenvalue weighted by Crippen LogP contribution is 2.32. The Morgan fingerprint density at radius 1 is 1.00 bits per heavy atom. The second kappa shape index (κ2) is 9.77. The van der Waals surface area contributed by atoms with Gasteiger partial charge in [-0.25, -0.2) is 8.42 Å². The average molecular weight is 465 g/mol. The zero-order valence-electron chi connectivity index (χ0n) is 18.8. The van der Waals surface area contributed by atoms with Crippen LogP contribution in [0.2, 0.25) is 0 Å². The first-order valence-corrected chi connectivity index (χ1v) is 12.5. The van der Waals surface area contributed by atoms with E-state index in [1.54, 1.807) is 17.0 Å². The number of carbonyl (C=O) groups excluding carboxylic acids is 1. The Bertz CT molecular complexity index is 1210. The summed E-state index contributed by atoms with van der Waals surface area (Å²) in [4.78, 5) is 15.3. The first kappa shape index (κ1) is 23.0. The number of ether oxygens (including phenoxy) is 1. The summed E-state index contributed by atoms with van der Waals surface area (Å²) < 4.78 is 33.9. The van der Waals surface area contributed by atoms with E-state index >= 15 is 0 Å². The molecule has 3 aromatic rings. The van der Waals surface area contributed by atoms with Crippen molar-refractivity contribution in [3.63, 3.8) is 0 Å². The first-order valence-electron chi connectivity index (χ1n) is 11.1. The van der Waals surface area contributed by atoms with Gasteiger partial charge in [-0.3, -0.25) is 4.79 Å². The number of carbonyl (C=O) groups is 1. The van der Waals surface area contributed by atoms with Crippen LogP contribution in [0.1, 0.15) is 25.0 Å². The predicted molar refractivity (Wildman–Crippen MR) is 129 cm³/mol. The van der Waals surface area contributed by atoms with E-state index in [1.807, 2.05) is 68.4 Å². The van der Waals surface area contributed by atoms with Crippen LogP contribution in [0.25, 0.3) is 0 Å². The maximum Gasteiger partial charge on any atom is 0.243 e. The van der Waals surface area contributed by atoms with Crippen molar-refractivity contribution < 1.29 is 17.9 Å². The van der Waals surface area contributed by atoms with Crippen molar-refractivity contribution in [1.82, 2.24) is 4.31 Å². The number of hydrogen-bond acceptors (Lipinski definition) is 4. The molecule has 0 aliphatic carbocycles. The van der Waals surface area contributed by atoms with Crippen LogP contribution >= 0.6 is 0 Å². The summed E-state index contributed by atoms with van der Waals surface area (Å²) in [6.07, 6.45) is 0.756. The fourth-order valence-corrected chi connectivity index (χ4v) is 5.59. The number of sulfonamides is 1. The SMILES string of the molecule is CCOc1ccc(S(=O)(=O)N(CC(=O)N2c3ccccc3C[C@@H]2C)Cc2ccccc2)cc1. The Morgan fingerprint density at radius 3 is 2.36 bits per heavy atom. The number of fused-ring (bicyclic) bond motifs is 1. The Balaban J connectivity index is 1.64. The van der Waals surface area contributed by atoms with E-state index in [2.05, 4.69) is 0 Å². The number of anilines is 1. The van der Waals surface area contributed by atoms with Crippen LogP contribution in [0.4, 0.5) is 5.69 Å². The highest BCUT2D eigenvalue weighted by Gasteiger charge is 2.34. The van der Waals surface area contributed by atoms with Gasteiger partial charge in [0.05, 0.1) is 18.0 Å². The van der Waals surface area contributed by atoms with Crippen molar-refractivity contribution in [2.45, 2.75) is 37.8 Å². The Morgan fingerprint density at radius 2 is 1.67 bits per heavy atom. The predicted octanol–water partition coefficient (Wildman–Crippen LogP) is 4.25. The van der Waals surface area contributed by atoms with E-state index in [4.69, 9.17) is 4.74 Å². The monoisotopic (exact) mass is 464 g/mol. The molecule has 0 aromatic heterocycles. The molecule has 0 N–H and O–H groups in total. The van der Waals surface area contributed by atoms with Crippen LogP contribution in [-0.4, -0.2) is 37.8 Å². The normalized spacial score (nSPS) is 15.5. The van der Waals surface area contributed by atoms with Crippen molar-refractivity contribution in [1.29, 1.82) is 0 Å². The van der Waals surface area contributed by atoms with Crippen molar-refractivity contribution >= 4 is 21.6 Å². The second-order valence-corrected chi connectivity index (χ2v) is 10.0. The van der Waals surface area contributed by atoms with Crippen LogP contribution in [0.3, 0.4) is 0 Å². The molecule has 1 aliphatic rings. The Kier molecular flexibility index (Phi) is 6.81. The smallest absolute Gasteiger partial charge is 0.243 e. The van der Waals surface area contributed by atoms with Crippen molar-refractivity contribution in [3.8, 4) is 5.75 Å². The quantitative estimate of drug-likeness (QED) is 0.500. The molecule has 1 heterocycles. The van der Waals surface area contributed by atoms with Crippen LogP contribution in [0, 0.1) is 0 Å². The largest absolute Gasteiger partial charge is 0.494 e. The second-order valence-electron chi connectivity index (χ2n) is 8.11. The summed E-state index contributed by atoms with van der Waals surface area (Å²) in [5.41, 5.74) is 2.77. The van der Waals surface area contributed by atoms with Crippen LogP contribution < -0.4 is 9.64 Å². The maximum atomic E-state index is 13.6. The fourth-order valence-electron chi connectivity index (χ4n) is 4.21. The minimum absolute atomic E-state index is 0.0262. The molecule has 7 heteroatoms. The number of rotatable bonds is 8. The number of amides is 1. The standard InChI is InChI=1S/C26H28N2O4S/c1-3-32-23-13-15-24(16-14-23)33(30,31)27(18-21-9-5-4-6-10-21)19-26(29)28-20(2)17-22-11-7-8-12-25(22)28/h4-16,20H,3,17-19H2,1-2H3/t20-/m0/s1. The molecule has 0 saturated carbocycles. The Labute approximate surface area is 195 Å². The zero-order chi connectivity index (χ0) is 23.4. The van der Waals surface area contributed by atoms with Gasteiger partial charge in [0, 0.05) is 18.3 Å². The molecule has 1 aliphatic heterocycles. The maximum absolute atomic E-state index is 13.6. The molecule has 3 aromatic carbocycles. The molecule has 1 amide bonds. The van der Waals surface area contributed by atoms with Gasteiger partial charge in [0.2, 0.25) is 15.9 Å². The number of nitrogens with zero attached hydrogens (tertiary/aromatic N) is 2. The molecule has 6 nitrogen and oxygen atoms in total. The van der Waals surface area contributed by atoms with E-state index in [0.717, 1.165) is 23.2 Å². The summed E-state index contributed by atoms with van der Waals surface area (Å²) >= 11 is 0. The lowest BCUT2D eigenvalue weighted by Crippen LogP contribution is -2.44. The van der Waals surface area contributed by atoms with Gasteiger partial charge in [-0.2, -0.15) is 4.31 Å².